The minimum absolute atomic E-state index is 0.329. The van der Waals surface area contributed by atoms with Crippen LogP contribution in [-0.2, 0) is 0 Å². The SMILES string of the molecule is CC(C=CC1=C(C)CCCC1(C)C)=CC=CCCCN. The fourth-order valence-corrected chi connectivity index (χ4v) is 2.83. The summed E-state index contributed by atoms with van der Waals surface area (Å²) in [5.74, 6) is 0. The molecule has 1 aliphatic carbocycles. The van der Waals surface area contributed by atoms with Crippen molar-refractivity contribution in [3.05, 3.63) is 47.1 Å². The molecule has 0 fully saturated rings. The quantitative estimate of drug-likeness (QED) is 0.515. The normalized spacial score (nSPS) is 20.4. The van der Waals surface area contributed by atoms with Crippen LogP contribution in [0.2, 0.25) is 0 Å². The van der Waals surface area contributed by atoms with Crippen LogP contribution >= 0.6 is 0 Å². The van der Waals surface area contributed by atoms with E-state index < -0.39 is 0 Å². The summed E-state index contributed by atoms with van der Waals surface area (Å²) < 4.78 is 0. The number of hydrogen-bond donors (Lipinski definition) is 1. The third-order valence-corrected chi connectivity index (χ3v) is 4.13. The number of rotatable bonds is 6. The van der Waals surface area contributed by atoms with Crippen LogP contribution in [0, 0.1) is 5.41 Å². The molecule has 0 radical (unpaired) electrons. The van der Waals surface area contributed by atoms with Gasteiger partial charge in [0.15, 0.2) is 0 Å². The Labute approximate surface area is 125 Å². The number of allylic oxidation sites excluding steroid dienone is 8. The highest BCUT2D eigenvalue weighted by Gasteiger charge is 2.26. The van der Waals surface area contributed by atoms with E-state index in [0.29, 0.717) is 5.41 Å². The zero-order valence-corrected chi connectivity index (χ0v) is 13.7. The van der Waals surface area contributed by atoms with Crippen LogP contribution in [-0.4, -0.2) is 6.54 Å². The van der Waals surface area contributed by atoms with Crippen molar-refractivity contribution in [2.75, 3.05) is 6.54 Å². The molecule has 1 heteroatoms. The van der Waals surface area contributed by atoms with Gasteiger partial charge in [0.05, 0.1) is 0 Å². The Hall–Kier alpha value is -1.08. The van der Waals surface area contributed by atoms with E-state index in [4.69, 9.17) is 5.73 Å². The second-order valence-electron chi connectivity index (χ2n) is 6.53. The third-order valence-electron chi connectivity index (χ3n) is 4.13. The largest absolute Gasteiger partial charge is 0.330 e. The molecule has 0 aromatic heterocycles. The van der Waals surface area contributed by atoms with Gasteiger partial charge in [0, 0.05) is 0 Å². The zero-order chi connectivity index (χ0) is 15.0. The van der Waals surface area contributed by atoms with Crippen LogP contribution in [0.1, 0.15) is 59.8 Å². The molecule has 112 valence electrons. The summed E-state index contributed by atoms with van der Waals surface area (Å²) in [5.41, 5.74) is 10.2. The van der Waals surface area contributed by atoms with Gasteiger partial charge in [-0.2, -0.15) is 0 Å². The maximum absolute atomic E-state index is 5.47. The third kappa shape index (κ3) is 5.50. The molecule has 0 amide bonds. The minimum Gasteiger partial charge on any atom is -0.330 e. The van der Waals surface area contributed by atoms with E-state index in [0.717, 1.165) is 19.4 Å². The molecule has 0 heterocycles. The zero-order valence-electron chi connectivity index (χ0n) is 13.7. The molecular formula is C19H31N. The first-order valence-corrected chi connectivity index (χ1v) is 7.89. The van der Waals surface area contributed by atoms with Gasteiger partial charge in [-0.1, -0.05) is 55.4 Å². The second kappa shape index (κ2) is 8.26. The lowest BCUT2D eigenvalue weighted by Crippen LogP contribution is -2.19. The fourth-order valence-electron chi connectivity index (χ4n) is 2.83. The van der Waals surface area contributed by atoms with Crippen LogP contribution in [0.25, 0.3) is 0 Å². The predicted octanol–water partition coefficient (Wildman–Crippen LogP) is 5.31. The molecule has 0 saturated carbocycles. The molecule has 20 heavy (non-hydrogen) atoms. The van der Waals surface area contributed by atoms with Gasteiger partial charge in [-0.15, -0.1) is 0 Å². The Morgan fingerprint density at radius 3 is 2.75 bits per heavy atom. The molecule has 0 aliphatic heterocycles. The van der Waals surface area contributed by atoms with Crippen LogP contribution in [0.4, 0.5) is 0 Å². The molecule has 1 aliphatic rings. The van der Waals surface area contributed by atoms with Gasteiger partial charge in [0.1, 0.15) is 0 Å². The van der Waals surface area contributed by atoms with Gasteiger partial charge in [-0.05, 0) is 63.5 Å². The lowest BCUT2D eigenvalue weighted by Gasteiger charge is -2.32. The summed E-state index contributed by atoms with van der Waals surface area (Å²) in [4.78, 5) is 0. The summed E-state index contributed by atoms with van der Waals surface area (Å²) in [6.07, 6.45) is 17.1. The van der Waals surface area contributed by atoms with Gasteiger partial charge < -0.3 is 5.73 Å². The van der Waals surface area contributed by atoms with Crippen molar-refractivity contribution in [3.63, 3.8) is 0 Å². The van der Waals surface area contributed by atoms with E-state index in [1.807, 2.05) is 0 Å². The molecule has 0 aromatic rings. The summed E-state index contributed by atoms with van der Waals surface area (Å²) in [6, 6.07) is 0. The summed E-state index contributed by atoms with van der Waals surface area (Å²) in [5, 5.41) is 0. The average Bonchev–Trinajstić information content (AvgIpc) is 2.37. The summed E-state index contributed by atoms with van der Waals surface area (Å²) in [7, 11) is 0. The molecule has 1 nitrogen and oxygen atoms in total. The van der Waals surface area contributed by atoms with Crippen LogP contribution < -0.4 is 5.73 Å². The molecule has 0 aromatic carbocycles. The molecule has 0 bridgehead atoms. The van der Waals surface area contributed by atoms with Crippen molar-refractivity contribution in [2.45, 2.75) is 59.8 Å². The van der Waals surface area contributed by atoms with Gasteiger partial charge in [-0.3, -0.25) is 0 Å². The Bertz CT molecular complexity index is 419. The van der Waals surface area contributed by atoms with Gasteiger partial charge in [-0.25, -0.2) is 0 Å². The van der Waals surface area contributed by atoms with Crippen LogP contribution in [0.5, 0.6) is 0 Å². The Morgan fingerprint density at radius 1 is 1.35 bits per heavy atom. The smallest absolute Gasteiger partial charge is 0.00743 e. The van der Waals surface area contributed by atoms with E-state index in [1.54, 1.807) is 5.57 Å². The lowest BCUT2D eigenvalue weighted by molar-refractivity contribution is 0.377. The number of unbranched alkanes of at least 4 members (excludes halogenated alkanes) is 1. The second-order valence-corrected chi connectivity index (χ2v) is 6.53. The van der Waals surface area contributed by atoms with Crippen molar-refractivity contribution in [2.24, 2.45) is 11.1 Å². The van der Waals surface area contributed by atoms with Crippen LogP contribution in [0.3, 0.4) is 0 Å². The Balaban J connectivity index is 2.66. The fraction of sp³-hybridized carbons (Fsp3) is 0.579. The molecular weight excluding hydrogens is 242 g/mol. The molecule has 0 spiro atoms. The summed E-state index contributed by atoms with van der Waals surface area (Å²) >= 11 is 0. The minimum atomic E-state index is 0.329. The first-order chi connectivity index (χ1) is 9.47. The van der Waals surface area contributed by atoms with Crippen molar-refractivity contribution >= 4 is 0 Å². The predicted molar refractivity (Wildman–Crippen MR) is 90.7 cm³/mol. The topological polar surface area (TPSA) is 26.0 Å². The maximum Gasteiger partial charge on any atom is -0.00743 e. The Kier molecular flexibility index (Phi) is 7.01. The van der Waals surface area contributed by atoms with Crippen molar-refractivity contribution < 1.29 is 0 Å². The summed E-state index contributed by atoms with van der Waals surface area (Å²) in [6.45, 7) is 9.94. The van der Waals surface area contributed by atoms with E-state index in [1.165, 1.54) is 30.4 Å². The molecule has 1 rings (SSSR count). The number of hydrogen-bond acceptors (Lipinski definition) is 1. The Morgan fingerprint density at radius 2 is 2.10 bits per heavy atom. The molecule has 0 saturated heterocycles. The molecule has 0 atom stereocenters. The number of nitrogens with two attached hydrogens (primary N) is 1. The van der Waals surface area contributed by atoms with Crippen LogP contribution in [0.15, 0.2) is 47.1 Å². The van der Waals surface area contributed by atoms with Crippen molar-refractivity contribution in [1.82, 2.24) is 0 Å². The van der Waals surface area contributed by atoms with Gasteiger partial charge >= 0.3 is 0 Å². The highest BCUT2D eigenvalue weighted by atomic mass is 14.5. The first-order valence-electron chi connectivity index (χ1n) is 7.89. The standard InChI is InChI=1S/C19H31N/c1-16(10-7-5-6-8-15-20)12-13-18-17(2)11-9-14-19(18,3)4/h5,7,10,12-13H,6,8-9,11,14-15,20H2,1-4H3. The van der Waals surface area contributed by atoms with E-state index in [-0.39, 0.29) is 0 Å². The average molecular weight is 273 g/mol. The maximum atomic E-state index is 5.47. The van der Waals surface area contributed by atoms with E-state index in [2.05, 4.69) is 58.1 Å². The van der Waals surface area contributed by atoms with Gasteiger partial charge in [0.25, 0.3) is 0 Å². The highest BCUT2D eigenvalue weighted by molar-refractivity contribution is 5.36. The molecule has 0 unspecified atom stereocenters. The highest BCUT2D eigenvalue weighted by Crippen LogP contribution is 2.40. The first kappa shape index (κ1) is 17.0. The van der Waals surface area contributed by atoms with Crippen molar-refractivity contribution in [3.8, 4) is 0 Å². The van der Waals surface area contributed by atoms with Gasteiger partial charge in [0.2, 0.25) is 0 Å². The van der Waals surface area contributed by atoms with E-state index >= 15 is 0 Å². The van der Waals surface area contributed by atoms with E-state index in [9.17, 15) is 0 Å². The lowest BCUT2D eigenvalue weighted by atomic mass is 9.72. The molecule has 2 N–H and O–H groups in total. The van der Waals surface area contributed by atoms with Crippen molar-refractivity contribution in [1.29, 1.82) is 0 Å². The monoisotopic (exact) mass is 273 g/mol.